The van der Waals surface area contributed by atoms with E-state index < -0.39 is 31.2 Å². The van der Waals surface area contributed by atoms with Crippen molar-refractivity contribution >= 4 is 19.6 Å². The first-order chi connectivity index (χ1) is 5.21. The van der Waals surface area contributed by atoms with Gasteiger partial charge in [0.25, 0.3) is 10.1 Å². The maximum atomic E-state index is 11.5. The minimum Gasteiger partial charge on any atom is -0.286 e. The second-order valence-corrected chi connectivity index (χ2v) is 5.94. The average Bonchev–Trinajstić information content (AvgIpc) is 1.76. The van der Waals surface area contributed by atoms with Crippen LogP contribution in [0.2, 0.25) is 6.04 Å². The van der Waals surface area contributed by atoms with Crippen LogP contribution in [0.25, 0.3) is 0 Å². The second kappa shape index (κ2) is 4.24. The Kier molecular flexibility index (Phi) is 4.21. The molecule has 1 N–H and O–H groups in total. The van der Waals surface area contributed by atoms with Crippen LogP contribution >= 0.6 is 0 Å². The van der Waals surface area contributed by atoms with E-state index in [0.717, 1.165) is 0 Å². The molecule has 8 heteroatoms. The lowest BCUT2D eigenvalue weighted by Gasteiger charge is -2.03. The molecule has 0 rings (SSSR count). The lowest BCUT2D eigenvalue weighted by molar-refractivity contribution is -0.0472. The molecule has 0 aromatic carbocycles. The summed E-state index contributed by atoms with van der Waals surface area (Å²) in [5.41, 5.74) is 0. The van der Waals surface area contributed by atoms with Gasteiger partial charge in [-0.1, -0.05) is 6.04 Å². The van der Waals surface area contributed by atoms with Gasteiger partial charge in [-0.05, 0) is 6.42 Å². The van der Waals surface area contributed by atoms with Crippen LogP contribution in [0.4, 0.5) is 13.2 Å². The Bertz CT molecular complexity index is 222. The number of hydrogen-bond donors (Lipinski definition) is 1. The van der Waals surface area contributed by atoms with E-state index in [0.29, 0.717) is 0 Å². The molecule has 0 saturated carbocycles. The minimum absolute atomic E-state index is 0.107. The molecule has 0 aromatic rings. The Hall–Kier alpha value is -0.0831. The van der Waals surface area contributed by atoms with Crippen LogP contribution in [0, 0.1) is 0 Å². The highest BCUT2D eigenvalue weighted by Gasteiger charge is 2.26. The van der Waals surface area contributed by atoms with Gasteiger partial charge >= 0.3 is 5.80 Å². The predicted molar refractivity (Wildman–Crippen MR) is 40.4 cm³/mol. The molecule has 0 radical (unpaired) electrons. The summed E-state index contributed by atoms with van der Waals surface area (Å²) in [6.07, 6.45) is -0.107. The molecule has 0 unspecified atom stereocenters. The molecule has 12 heavy (non-hydrogen) atoms. The van der Waals surface area contributed by atoms with Crippen molar-refractivity contribution < 1.29 is 26.1 Å². The molecule has 0 saturated heterocycles. The summed E-state index contributed by atoms with van der Waals surface area (Å²) >= 11 is 0. The van der Waals surface area contributed by atoms with Crippen LogP contribution in [-0.4, -0.2) is 34.0 Å². The zero-order valence-corrected chi connectivity index (χ0v) is 8.36. The second-order valence-electron chi connectivity index (χ2n) is 2.36. The van der Waals surface area contributed by atoms with Crippen LogP contribution in [0.3, 0.4) is 0 Å². The van der Waals surface area contributed by atoms with Crippen LogP contribution < -0.4 is 0 Å². The first-order valence-corrected chi connectivity index (χ1v) is 6.54. The number of rotatable bonds is 4. The number of hydrogen-bond acceptors (Lipinski definition) is 2. The van der Waals surface area contributed by atoms with Crippen molar-refractivity contribution in [1.82, 2.24) is 0 Å². The quantitative estimate of drug-likeness (QED) is 0.425. The molecular formula is C4H9F3O3SSi. The van der Waals surface area contributed by atoms with Crippen molar-refractivity contribution in [3.05, 3.63) is 0 Å². The summed E-state index contributed by atoms with van der Waals surface area (Å²) in [4.78, 5) is 0. The van der Waals surface area contributed by atoms with E-state index in [4.69, 9.17) is 4.55 Å². The van der Waals surface area contributed by atoms with Crippen LogP contribution in [0.1, 0.15) is 6.42 Å². The number of halogens is 3. The normalized spacial score (nSPS) is 14.3. The highest BCUT2D eigenvalue weighted by molar-refractivity contribution is 7.85. The Morgan fingerprint density at radius 3 is 2.17 bits per heavy atom. The topological polar surface area (TPSA) is 54.4 Å². The smallest absolute Gasteiger partial charge is 0.286 e. The van der Waals surface area contributed by atoms with Gasteiger partial charge in [0, 0.05) is 0 Å². The summed E-state index contributed by atoms with van der Waals surface area (Å²) in [5.74, 6) is -4.69. The first kappa shape index (κ1) is 11.9. The Balaban J connectivity index is 3.48. The summed E-state index contributed by atoms with van der Waals surface area (Å²) in [6, 6.07) is -0.136. The minimum atomic E-state index is -4.11. The Morgan fingerprint density at radius 2 is 1.83 bits per heavy atom. The summed E-state index contributed by atoms with van der Waals surface area (Å²) in [7, 11) is -6.28. The third-order valence-electron chi connectivity index (χ3n) is 1.11. The van der Waals surface area contributed by atoms with Crippen molar-refractivity contribution in [3.63, 3.8) is 0 Å². The zero-order chi connectivity index (χ0) is 9.83. The Labute approximate surface area is 70.5 Å². The molecule has 0 spiro atoms. The predicted octanol–water partition coefficient (Wildman–Crippen LogP) is 0.371. The fourth-order valence-corrected chi connectivity index (χ4v) is 2.44. The molecule has 0 heterocycles. The first-order valence-electron chi connectivity index (χ1n) is 3.23. The van der Waals surface area contributed by atoms with Gasteiger partial charge in [-0.3, -0.25) is 4.55 Å². The van der Waals surface area contributed by atoms with Gasteiger partial charge in [0.1, 0.15) is 0 Å². The third-order valence-corrected chi connectivity index (χ3v) is 3.34. The number of alkyl halides is 3. The van der Waals surface area contributed by atoms with Crippen molar-refractivity contribution in [1.29, 1.82) is 0 Å². The maximum absolute atomic E-state index is 11.5. The summed E-state index contributed by atoms with van der Waals surface area (Å²) < 4.78 is 62.8. The van der Waals surface area contributed by atoms with Crippen LogP contribution in [0.15, 0.2) is 0 Å². The van der Waals surface area contributed by atoms with E-state index in [1.807, 2.05) is 0 Å². The molecule has 0 aliphatic heterocycles. The van der Waals surface area contributed by atoms with Crippen molar-refractivity contribution in [2.75, 3.05) is 5.75 Å². The monoisotopic (exact) mass is 222 g/mol. The van der Waals surface area contributed by atoms with Gasteiger partial charge in [-0.2, -0.15) is 21.6 Å². The SMILES string of the molecule is O=S(=O)(O)CCC[SiH2]C(F)(F)F. The van der Waals surface area contributed by atoms with Crippen molar-refractivity contribution in [2.45, 2.75) is 18.3 Å². The van der Waals surface area contributed by atoms with Gasteiger partial charge in [-0.25, -0.2) is 0 Å². The molecule has 74 valence electrons. The lowest BCUT2D eigenvalue weighted by Crippen LogP contribution is -2.18. The van der Waals surface area contributed by atoms with E-state index in [1.165, 1.54) is 0 Å². The third kappa shape index (κ3) is 9.92. The van der Waals surface area contributed by atoms with E-state index in [2.05, 4.69) is 0 Å². The van der Waals surface area contributed by atoms with Crippen molar-refractivity contribution in [2.24, 2.45) is 0 Å². The summed E-state index contributed by atoms with van der Waals surface area (Å²) in [5, 5.41) is 0. The van der Waals surface area contributed by atoms with Gasteiger partial charge in [-0.15, -0.1) is 0 Å². The van der Waals surface area contributed by atoms with Crippen LogP contribution in [0.5, 0.6) is 0 Å². The molecule has 0 aliphatic carbocycles. The Morgan fingerprint density at radius 1 is 1.33 bits per heavy atom. The van der Waals surface area contributed by atoms with Gasteiger partial charge in [0.2, 0.25) is 0 Å². The molecule has 3 nitrogen and oxygen atoms in total. The molecule has 0 aliphatic rings. The standard InChI is InChI=1S/C4H9F3O3SSi/c5-4(6,7)12-3-1-2-11(8,9)10/h1-3,12H2,(H,8,9,10). The molecule has 0 aromatic heterocycles. The van der Waals surface area contributed by atoms with Gasteiger partial charge in [0.05, 0.1) is 5.75 Å². The molecule has 0 amide bonds. The zero-order valence-electron chi connectivity index (χ0n) is 6.13. The van der Waals surface area contributed by atoms with E-state index in [1.54, 1.807) is 0 Å². The summed E-state index contributed by atoms with van der Waals surface area (Å²) in [6.45, 7) is 0. The highest BCUT2D eigenvalue weighted by atomic mass is 32.2. The van der Waals surface area contributed by atoms with E-state index in [9.17, 15) is 21.6 Å². The van der Waals surface area contributed by atoms with Crippen LogP contribution in [-0.2, 0) is 10.1 Å². The highest BCUT2D eigenvalue weighted by Crippen LogP contribution is 2.14. The molecule has 0 fully saturated rings. The molecule has 0 bridgehead atoms. The largest absolute Gasteiger partial charge is 0.354 e. The maximum Gasteiger partial charge on any atom is 0.354 e. The fraction of sp³-hybridized carbons (Fsp3) is 1.00. The van der Waals surface area contributed by atoms with E-state index in [-0.39, 0.29) is 12.5 Å². The fourth-order valence-electron chi connectivity index (χ4n) is 0.610. The average molecular weight is 222 g/mol. The molecular weight excluding hydrogens is 213 g/mol. The molecule has 0 atom stereocenters. The lowest BCUT2D eigenvalue weighted by atomic mass is 10.6. The van der Waals surface area contributed by atoms with E-state index >= 15 is 0 Å². The van der Waals surface area contributed by atoms with Gasteiger partial charge < -0.3 is 0 Å². The van der Waals surface area contributed by atoms with Crippen molar-refractivity contribution in [3.8, 4) is 0 Å². The van der Waals surface area contributed by atoms with Gasteiger partial charge in [0.15, 0.2) is 9.52 Å².